The van der Waals surface area contributed by atoms with Crippen molar-refractivity contribution in [1.29, 1.82) is 0 Å². The Kier molecular flexibility index (Phi) is 4.01. The quantitative estimate of drug-likeness (QED) is 0.897. The first kappa shape index (κ1) is 16.7. The topological polar surface area (TPSA) is 93.6 Å². The summed E-state index contributed by atoms with van der Waals surface area (Å²) in [6.07, 6.45) is 2.55. The fraction of sp³-hybridized carbons (Fsp3) is 0.611. The summed E-state index contributed by atoms with van der Waals surface area (Å²) in [7, 11) is 0. The lowest BCUT2D eigenvalue weighted by Crippen LogP contribution is -2.44. The largest absolute Gasteiger partial charge is 0.455 e. The first-order valence-corrected chi connectivity index (χ1v) is 8.43. The molecule has 2 amide bonds. The minimum Gasteiger partial charge on any atom is -0.455 e. The average molecular weight is 332 g/mol. The van der Waals surface area contributed by atoms with E-state index in [9.17, 15) is 14.4 Å². The molecule has 130 valence electrons. The van der Waals surface area contributed by atoms with Gasteiger partial charge in [-0.1, -0.05) is 13.8 Å². The zero-order valence-corrected chi connectivity index (χ0v) is 14.5. The lowest BCUT2D eigenvalue weighted by atomic mass is 9.76. The van der Waals surface area contributed by atoms with E-state index in [2.05, 4.69) is 0 Å². The molecule has 1 aromatic rings. The molecule has 1 atom stereocenters. The average Bonchev–Trinajstić information content (AvgIpc) is 2.82. The fourth-order valence-corrected chi connectivity index (χ4v) is 3.82. The molecule has 0 aromatic carbocycles. The molecule has 6 nitrogen and oxygen atoms in total. The molecule has 1 aliphatic carbocycles. The molecule has 1 aliphatic heterocycles. The maximum Gasteiger partial charge on any atom is 0.289 e. The number of primary amides is 1. The van der Waals surface area contributed by atoms with Gasteiger partial charge in [0, 0.05) is 31.5 Å². The molecule has 2 N–H and O–H groups in total. The van der Waals surface area contributed by atoms with Crippen LogP contribution in [0.25, 0.3) is 0 Å². The van der Waals surface area contributed by atoms with Crippen LogP contribution < -0.4 is 5.73 Å². The van der Waals surface area contributed by atoms with Crippen LogP contribution in [0.2, 0.25) is 0 Å². The van der Waals surface area contributed by atoms with Gasteiger partial charge in [0.1, 0.15) is 5.76 Å². The number of hydrogen-bond donors (Lipinski definition) is 1. The second kappa shape index (κ2) is 5.76. The number of ketones is 1. The lowest BCUT2D eigenvalue weighted by Gasteiger charge is -2.30. The molecule has 1 aromatic heterocycles. The van der Waals surface area contributed by atoms with Gasteiger partial charge in [0.25, 0.3) is 5.91 Å². The number of furan rings is 1. The van der Waals surface area contributed by atoms with Gasteiger partial charge >= 0.3 is 0 Å². The Balaban J connectivity index is 1.89. The highest BCUT2D eigenvalue weighted by molar-refractivity contribution is 6.03. The van der Waals surface area contributed by atoms with Crippen LogP contribution in [0.15, 0.2) is 4.42 Å². The summed E-state index contributed by atoms with van der Waals surface area (Å²) < 4.78 is 5.83. The molecule has 6 heteroatoms. The van der Waals surface area contributed by atoms with Crippen molar-refractivity contribution in [2.24, 2.45) is 17.1 Å². The van der Waals surface area contributed by atoms with Crippen molar-refractivity contribution in [2.75, 3.05) is 13.1 Å². The van der Waals surface area contributed by atoms with Gasteiger partial charge < -0.3 is 15.1 Å². The van der Waals surface area contributed by atoms with E-state index in [1.807, 2.05) is 13.8 Å². The highest BCUT2D eigenvalue weighted by atomic mass is 16.4. The van der Waals surface area contributed by atoms with Gasteiger partial charge in [-0.15, -0.1) is 0 Å². The molecule has 2 heterocycles. The number of nitrogens with two attached hydrogens (primary N) is 1. The standard InChI is InChI=1S/C18H24N2O4/c1-10-14-12(21)7-18(2,3)8-13(14)24-15(10)17(23)20-6-4-5-11(9-20)16(19)22/h11H,4-9H2,1-3H3,(H2,19,22)/t11-/m0/s1. The number of nitrogens with zero attached hydrogens (tertiary/aromatic N) is 1. The number of carbonyl (C=O) groups excluding carboxylic acids is 3. The Morgan fingerprint density at radius 2 is 2.00 bits per heavy atom. The van der Waals surface area contributed by atoms with Gasteiger partial charge in [-0.3, -0.25) is 14.4 Å². The van der Waals surface area contributed by atoms with Crippen molar-refractivity contribution in [3.63, 3.8) is 0 Å². The summed E-state index contributed by atoms with van der Waals surface area (Å²) in [5.74, 6) is -0.0570. The number of hydrogen-bond acceptors (Lipinski definition) is 4. The Morgan fingerprint density at radius 3 is 2.67 bits per heavy atom. The van der Waals surface area contributed by atoms with Crippen LogP contribution in [0.5, 0.6) is 0 Å². The number of rotatable bonds is 2. The zero-order chi connectivity index (χ0) is 17.6. The maximum atomic E-state index is 12.8. The van der Waals surface area contributed by atoms with Gasteiger partial charge in [0.2, 0.25) is 5.91 Å². The number of carbonyl (C=O) groups is 3. The molecule has 0 saturated carbocycles. The van der Waals surface area contributed by atoms with Crippen molar-refractivity contribution in [2.45, 2.75) is 46.5 Å². The van der Waals surface area contributed by atoms with Crippen LogP contribution >= 0.6 is 0 Å². The van der Waals surface area contributed by atoms with Crippen LogP contribution in [-0.4, -0.2) is 35.6 Å². The molecule has 24 heavy (non-hydrogen) atoms. The predicted octanol–water partition coefficient (Wildman–Crippen LogP) is 2.08. The van der Waals surface area contributed by atoms with E-state index in [1.54, 1.807) is 11.8 Å². The number of piperidine rings is 1. The minimum atomic E-state index is -0.375. The Labute approximate surface area is 141 Å². The normalized spacial score (nSPS) is 23.0. The van der Waals surface area contributed by atoms with E-state index >= 15 is 0 Å². The van der Waals surface area contributed by atoms with Crippen LogP contribution in [0.4, 0.5) is 0 Å². The minimum absolute atomic E-state index is 0.0372. The Hall–Kier alpha value is -2.11. The SMILES string of the molecule is Cc1c(C(=O)N2CCC[C@H](C(N)=O)C2)oc2c1C(=O)CC(C)(C)C2. The van der Waals surface area contributed by atoms with E-state index in [0.29, 0.717) is 49.2 Å². The maximum absolute atomic E-state index is 12.8. The summed E-state index contributed by atoms with van der Waals surface area (Å²) in [6, 6.07) is 0. The molecule has 0 spiro atoms. The molecule has 0 radical (unpaired) electrons. The van der Waals surface area contributed by atoms with Gasteiger partial charge in [-0.05, 0) is 25.2 Å². The van der Waals surface area contributed by atoms with Crippen molar-refractivity contribution in [1.82, 2.24) is 4.90 Å². The van der Waals surface area contributed by atoms with Gasteiger partial charge in [0.05, 0.1) is 11.5 Å². The van der Waals surface area contributed by atoms with E-state index in [-0.39, 0.29) is 34.7 Å². The molecule has 1 saturated heterocycles. The summed E-state index contributed by atoms with van der Waals surface area (Å²) in [6.45, 7) is 6.71. The van der Waals surface area contributed by atoms with Crippen LogP contribution in [0, 0.1) is 18.3 Å². The van der Waals surface area contributed by atoms with E-state index in [4.69, 9.17) is 10.2 Å². The fourth-order valence-electron chi connectivity index (χ4n) is 3.82. The van der Waals surface area contributed by atoms with E-state index in [0.717, 1.165) is 6.42 Å². The van der Waals surface area contributed by atoms with Crippen LogP contribution in [-0.2, 0) is 11.2 Å². The molecule has 0 unspecified atom stereocenters. The smallest absolute Gasteiger partial charge is 0.289 e. The summed E-state index contributed by atoms with van der Waals surface area (Å²) in [4.78, 5) is 38.3. The van der Waals surface area contributed by atoms with E-state index < -0.39 is 0 Å². The highest BCUT2D eigenvalue weighted by Crippen LogP contribution is 2.38. The Bertz CT molecular complexity index is 717. The molecule has 2 aliphatic rings. The van der Waals surface area contributed by atoms with E-state index in [1.165, 1.54) is 0 Å². The first-order chi connectivity index (χ1) is 11.2. The monoisotopic (exact) mass is 332 g/mol. The second-order valence-corrected chi connectivity index (χ2v) is 7.79. The van der Waals surface area contributed by atoms with Gasteiger partial charge in [0.15, 0.2) is 11.5 Å². The molecule has 0 bridgehead atoms. The third kappa shape index (κ3) is 2.85. The van der Waals surface area contributed by atoms with Crippen molar-refractivity contribution < 1.29 is 18.8 Å². The molecular weight excluding hydrogens is 308 g/mol. The van der Waals surface area contributed by atoms with Gasteiger partial charge in [-0.2, -0.15) is 0 Å². The zero-order valence-electron chi connectivity index (χ0n) is 14.5. The van der Waals surface area contributed by atoms with Gasteiger partial charge in [-0.25, -0.2) is 0 Å². The third-order valence-electron chi connectivity index (χ3n) is 5.08. The van der Waals surface area contributed by atoms with Crippen molar-refractivity contribution >= 4 is 17.6 Å². The summed E-state index contributed by atoms with van der Waals surface area (Å²) in [5.41, 5.74) is 6.42. The number of amides is 2. The van der Waals surface area contributed by atoms with Crippen LogP contribution in [0.1, 0.15) is 65.3 Å². The summed E-state index contributed by atoms with van der Waals surface area (Å²) in [5, 5.41) is 0. The van der Waals surface area contributed by atoms with Crippen molar-refractivity contribution in [3.05, 3.63) is 22.6 Å². The number of fused-ring (bicyclic) bond motifs is 1. The number of Topliss-reactive ketones (excluding diaryl/α,β-unsaturated/α-hetero) is 1. The third-order valence-corrected chi connectivity index (χ3v) is 5.08. The summed E-state index contributed by atoms with van der Waals surface area (Å²) >= 11 is 0. The molecule has 3 rings (SSSR count). The highest BCUT2D eigenvalue weighted by Gasteiger charge is 2.38. The molecule has 1 fully saturated rings. The Morgan fingerprint density at radius 1 is 1.29 bits per heavy atom. The second-order valence-electron chi connectivity index (χ2n) is 7.79. The van der Waals surface area contributed by atoms with Crippen molar-refractivity contribution in [3.8, 4) is 0 Å². The number of likely N-dealkylation sites (tertiary alicyclic amines) is 1. The first-order valence-electron chi connectivity index (χ1n) is 8.43. The predicted molar refractivity (Wildman–Crippen MR) is 87.7 cm³/mol. The van der Waals surface area contributed by atoms with Crippen LogP contribution in [0.3, 0.4) is 0 Å². The lowest BCUT2D eigenvalue weighted by molar-refractivity contribution is -0.123. The molecular formula is C18H24N2O4.